The van der Waals surface area contributed by atoms with E-state index in [0.29, 0.717) is 5.56 Å². The number of nitrogens with zero attached hydrogens (tertiary/aromatic N) is 1. The SMILES string of the molecule is CCSc1cccc(C(=O)Nc2nc3c(s2)C[C@H](C)CC3)c1. The first-order valence-corrected chi connectivity index (χ1v) is 9.48. The van der Waals surface area contributed by atoms with Crippen LogP contribution in [-0.4, -0.2) is 16.6 Å². The van der Waals surface area contributed by atoms with E-state index in [1.54, 1.807) is 23.1 Å². The minimum Gasteiger partial charge on any atom is -0.298 e. The number of hydrogen-bond acceptors (Lipinski definition) is 4. The van der Waals surface area contributed by atoms with Crippen LogP contribution in [0.5, 0.6) is 0 Å². The normalized spacial score (nSPS) is 17.1. The Hall–Kier alpha value is -1.33. The molecule has 0 spiro atoms. The highest BCUT2D eigenvalue weighted by Crippen LogP contribution is 2.32. The average Bonchev–Trinajstić information content (AvgIpc) is 2.89. The Labute approximate surface area is 139 Å². The molecular formula is C17H20N2OS2. The van der Waals surface area contributed by atoms with E-state index in [1.807, 2.05) is 24.3 Å². The number of thiazole rings is 1. The number of fused-ring (bicyclic) bond motifs is 1. The van der Waals surface area contributed by atoms with E-state index in [9.17, 15) is 4.79 Å². The lowest BCUT2D eigenvalue weighted by Crippen LogP contribution is -2.12. The molecule has 0 unspecified atom stereocenters. The van der Waals surface area contributed by atoms with E-state index in [4.69, 9.17) is 0 Å². The highest BCUT2D eigenvalue weighted by molar-refractivity contribution is 7.99. The lowest BCUT2D eigenvalue weighted by Gasteiger charge is -2.15. The molecule has 1 amide bonds. The van der Waals surface area contributed by atoms with Crippen LogP contribution in [0.25, 0.3) is 0 Å². The van der Waals surface area contributed by atoms with Crippen molar-refractivity contribution in [2.24, 2.45) is 5.92 Å². The van der Waals surface area contributed by atoms with Gasteiger partial charge in [-0.3, -0.25) is 10.1 Å². The van der Waals surface area contributed by atoms with Crippen molar-refractivity contribution in [3.63, 3.8) is 0 Å². The fourth-order valence-electron chi connectivity index (χ4n) is 2.66. The molecule has 3 rings (SSSR count). The molecule has 1 atom stereocenters. The van der Waals surface area contributed by atoms with E-state index in [0.717, 1.165) is 34.5 Å². The Bertz CT molecular complexity index is 681. The Morgan fingerprint density at radius 2 is 2.36 bits per heavy atom. The molecule has 1 aliphatic rings. The lowest BCUT2D eigenvalue weighted by molar-refractivity contribution is 0.102. The topological polar surface area (TPSA) is 42.0 Å². The minimum atomic E-state index is -0.0716. The van der Waals surface area contributed by atoms with Crippen LogP contribution in [0.4, 0.5) is 5.13 Å². The number of amides is 1. The summed E-state index contributed by atoms with van der Waals surface area (Å²) in [5, 5.41) is 3.69. The first-order chi connectivity index (χ1) is 10.7. The van der Waals surface area contributed by atoms with E-state index in [1.165, 1.54) is 17.0 Å². The molecule has 0 saturated heterocycles. The van der Waals surface area contributed by atoms with Crippen LogP contribution in [0.2, 0.25) is 0 Å². The van der Waals surface area contributed by atoms with Crippen molar-refractivity contribution in [1.29, 1.82) is 0 Å². The highest BCUT2D eigenvalue weighted by atomic mass is 32.2. The molecule has 1 aromatic heterocycles. The van der Waals surface area contributed by atoms with Crippen LogP contribution in [0, 0.1) is 5.92 Å². The standard InChI is InChI=1S/C17H20N2OS2/c1-3-21-13-6-4-5-12(10-13)16(20)19-17-18-14-8-7-11(2)9-15(14)22-17/h4-6,10-11H,3,7-9H2,1-2H3,(H,18,19,20)/t11-/m1/s1. The van der Waals surface area contributed by atoms with Crippen LogP contribution >= 0.6 is 23.1 Å². The van der Waals surface area contributed by atoms with E-state index < -0.39 is 0 Å². The number of thioether (sulfide) groups is 1. The molecule has 0 aliphatic heterocycles. The van der Waals surface area contributed by atoms with Crippen LogP contribution in [-0.2, 0) is 12.8 Å². The number of hydrogen-bond donors (Lipinski definition) is 1. The van der Waals surface area contributed by atoms with Crippen molar-refractivity contribution < 1.29 is 4.79 Å². The first-order valence-electron chi connectivity index (χ1n) is 7.68. The van der Waals surface area contributed by atoms with Crippen LogP contribution < -0.4 is 5.32 Å². The molecule has 1 N–H and O–H groups in total. The summed E-state index contributed by atoms with van der Waals surface area (Å²) >= 11 is 3.37. The second-order valence-corrected chi connectivity index (χ2v) is 8.07. The summed E-state index contributed by atoms with van der Waals surface area (Å²) in [6.07, 6.45) is 3.32. The summed E-state index contributed by atoms with van der Waals surface area (Å²) in [7, 11) is 0. The predicted molar refractivity (Wildman–Crippen MR) is 94.1 cm³/mol. The number of aryl methyl sites for hydroxylation is 1. The molecule has 0 saturated carbocycles. The molecule has 1 aromatic carbocycles. The molecule has 0 fully saturated rings. The largest absolute Gasteiger partial charge is 0.298 e. The zero-order chi connectivity index (χ0) is 15.5. The quantitative estimate of drug-likeness (QED) is 0.830. The first kappa shape index (κ1) is 15.6. The molecule has 2 aromatic rings. The number of carbonyl (C=O) groups excluding carboxylic acids is 1. The third-order valence-electron chi connectivity index (χ3n) is 3.81. The second-order valence-electron chi connectivity index (χ2n) is 5.65. The maximum atomic E-state index is 12.4. The maximum absolute atomic E-state index is 12.4. The van der Waals surface area contributed by atoms with Gasteiger partial charge in [0.25, 0.3) is 5.91 Å². The average molecular weight is 332 g/mol. The molecular weight excluding hydrogens is 312 g/mol. The van der Waals surface area contributed by atoms with Gasteiger partial charge in [0.15, 0.2) is 5.13 Å². The molecule has 0 bridgehead atoms. The van der Waals surface area contributed by atoms with Gasteiger partial charge >= 0.3 is 0 Å². The number of aromatic nitrogens is 1. The summed E-state index contributed by atoms with van der Waals surface area (Å²) in [5.74, 6) is 1.65. The third kappa shape index (κ3) is 3.52. The van der Waals surface area contributed by atoms with E-state index >= 15 is 0 Å². The molecule has 22 heavy (non-hydrogen) atoms. The van der Waals surface area contributed by atoms with Gasteiger partial charge in [-0.2, -0.15) is 0 Å². The molecule has 116 valence electrons. The molecule has 5 heteroatoms. The van der Waals surface area contributed by atoms with Crippen molar-refractivity contribution >= 4 is 34.1 Å². The number of carbonyl (C=O) groups is 1. The summed E-state index contributed by atoms with van der Waals surface area (Å²) in [4.78, 5) is 19.4. The Morgan fingerprint density at radius 1 is 1.50 bits per heavy atom. The number of rotatable bonds is 4. The monoisotopic (exact) mass is 332 g/mol. The van der Waals surface area contributed by atoms with E-state index in [2.05, 4.69) is 24.1 Å². The zero-order valence-electron chi connectivity index (χ0n) is 12.9. The summed E-state index contributed by atoms with van der Waals surface area (Å²) < 4.78 is 0. The van der Waals surface area contributed by atoms with Crippen molar-refractivity contribution in [1.82, 2.24) is 4.98 Å². The summed E-state index contributed by atoms with van der Waals surface area (Å²) in [6.45, 7) is 4.39. The fourth-order valence-corrected chi connectivity index (χ4v) is 4.54. The molecule has 1 aliphatic carbocycles. The second kappa shape index (κ2) is 6.84. The zero-order valence-corrected chi connectivity index (χ0v) is 14.5. The van der Waals surface area contributed by atoms with Gasteiger partial charge in [-0.25, -0.2) is 4.98 Å². The lowest BCUT2D eigenvalue weighted by atomic mass is 9.93. The molecule has 1 heterocycles. The maximum Gasteiger partial charge on any atom is 0.257 e. The number of nitrogens with one attached hydrogen (secondary N) is 1. The minimum absolute atomic E-state index is 0.0716. The van der Waals surface area contributed by atoms with Crippen LogP contribution in [0.1, 0.15) is 41.2 Å². The molecule has 0 radical (unpaired) electrons. The van der Waals surface area contributed by atoms with Gasteiger partial charge in [-0.1, -0.05) is 19.9 Å². The number of anilines is 1. The number of benzene rings is 1. The van der Waals surface area contributed by atoms with E-state index in [-0.39, 0.29) is 5.91 Å². The Morgan fingerprint density at radius 3 is 3.18 bits per heavy atom. The third-order valence-corrected chi connectivity index (χ3v) is 5.73. The van der Waals surface area contributed by atoms with Crippen LogP contribution in [0.3, 0.4) is 0 Å². The highest BCUT2D eigenvalue weighted by Gasteiger charge is 2.20. The van der Waals surface area contributed by atoms with Gasteiger partial charge in [-0.05, 0) is 49.1 Å². The van der Waals surface area contributed by atoms with Gasteiger partial charge < -0.3 is 0 Å². The van der Waals surface area contributed by atoms with Gasteiger partial charge in [0, 0.05) is 15.3 Å². The van der Waals surface area contributed by atoms with Gasteiger partial charge in [0.05, 0.1) is 5.69 Å². The molecule has 3 nitrogen and oxygen atoms in total. The smallest absolute Gasteiger partial charge is 0.257 e. The fraction of sp³-hybridized carbons (Fsp3) is 0.412. The Balaban J connectivity index is 1.73. The van der Waals surface area contributed by atoms with Crippen LogP contribution in [0.15, 0.2) is 29.2 Å². The summed E-state index contributed by atoms with van der Waals surface area (Å²) in [5.41, 5.74) is 1.87. The summed E-state index contributed by atoms with van der Waals surface area (Å²) in [6, 6.07) is 7.76. The van der Waals surface area contributed by atoms with Gasteiger partial charge in [0.1, 0.15) is 0 Å². The van der Waals surface area contributed by atoms with Crippen molar-refractivity contribution in [3.05, 3.63) is 40.4 Å². The van der Waals surface area contributed by atoms with Crippen molar-refractivity contribution in [2.45, 2.75) is 38.0 Å². The predicted octanol–water partition coefficient (Wildman–Crippen LogP) is 4.63. The van der Waals surface area contributed by atoms with Crippen molar-refractivity contribution in [2.75, 3.05) is 11.1 Å². The van der Waals surface area contributed by atoms with Gasteiger partial charge in [-0.15, -0.1) is 23.1 Å². The van der Waals surface area contributed by atoms with Crippen molar-refractivity contribution in [3.8, 4) is 0 Å². The van der Waals surface area contributed by atoms with Gasteiger partial charge in [0.2, 0.25) is 0 Å². The Kier molecular flexibility index (Phi) is 4.84.